The van der Waals surface area contributed by atoms with Crippen molar-refractivity contribution in [1.29, 1.82) is 0 Å². The van der Waals surface area contributed by atoms with Crippen LogP contribution in [0.3, 0.4) is 0 Å². The molecule has 0 unspecified atom stereocenters. The van der Waals surface area contributed by atoms with E-state index in [0.717, 1.165) is 12.6 Å². The van der Waals surface area contributed by atoms with Gasteiger partial charge in [-0.15, -0.1) is 0 Å². The monoisotopic (exact) mass is 338 g/mol. The second-order valence-electron chi connectivity index (χ2n) is 6.09. The molecule has 0 heterocycles. The Kier molecular flexibility index (Phi) is 5.91. The van der Waals surface area contributed by atoms with Crippen molar-refractivity contribution in [1.82, 2.24) is 5.32 Å². The van der Waals surface area contributed by atoms with E-state index in [0.29, 0.717) is 6.04 Å². The van der Waals surface area contributed by atoms with E-state index in [9.17, 15) is 0 Å². The van der Waals surface area contributed by atoms with Crippen LogP contribution in [0.1, 0.15) is 52.0 Å². The summed E-state index contributed by atoms with van der Waals surface area (Å²) in [5, 5.41) is 3.55. The van der Waals surface area contributed by atoms with Crippen molar-refractivity contribution in [3.05, 3.63) is 28.2 Å². The van der Waals surface area contributed by atoms with Crippen molar-refractivity contribution in [3.8, 4) is 0 Å². The van der Waals surface area contributed by atoms with Gasteiger partial charge < -0.3 is 10.2 Å². The maximum Gasteiger partial charge on any atom is 0.0415 e. The minimum absolute atomic E-state index is 0.520. The molecule has 0 radical (unpaired) electrons. The molecule has 20 heavy (non-hydrogen) atoms. The summed E-state index contributed by atoms with van der Waals surface area (Å²) in [4.78, 5) is 2.63. The van der Waals surface area contributed by atoms with Gasteiger partial charge in [-0.25, -0.2) is 0 Å². The van der Waals surface area contributed by atoms with Crippen LogP contribution in [0.5, 0.6) is 0 Å². The number of unbranched alkanes of at least 4 members (excludes halogenated alkanes) is 1. The van der Waals surface area contributed by atoms with Gasteiger partial charge in [0, 0.05) is 35.3 Å². The van der Waals surface area contributed by atoms with Crippen LogP contribution >= 0.6 is 15.9 Å². The van der Waals surface area contributed by atoms with Gasteiger partial charge in [0.25, 0.3) is 0 Å². The summed E-state index contributed by atoms with van der Waals surface area (Å²) in [7, 11) is 0. The summed E-state index contributed by atoms with van der Waals surface area (Å²) in [6.45, 7) is 8.81. The number of benzene rings is 1. The van der Waals surface area contributed by atoms with Crippen LogP contribution in [-0.2, 0) is 6.54 Å². The average molecular weight is 339 g/mol. The molecule has 1 saturated carbocycles. The van der Waals surface area contributed by atoms with Gasteiger partial charge in [0.05, 0.1) is 0 Å². The number of hydrogen-bond donors (Lipinski definition) is 1. The number of halogens is 1. The van der Waals surface area contributed by atoms with E-state index >= 15 is 0 Å². The highest BCUT2D eigenvalue weighted by molar-refractivity contribution is 9.10. The zero-order valence-corrected chi connectivity index (χ0v) is 14.5. The molecule has 0 aromatic heterocycles. The highest BCUT2D eigenvalue weighted by Gasteiger charge is 2.29. The number of hydrogen-bond acceptors (Lipinski definition) is 2. The molecule has 0 amide bonds. The largest absolute Gasteiger partial charge is 0.368 e. The molecule has 2 rings (SSSR count). The highest BCUT2D eigenvalue weighted by atomic mass is 79.9. The normalized spacial score (nSPS) is 14.8. The van der Waals surface area contributed by atoms with Crippen LogP contribution in [0.2, 0.25) is 0 Å². The lowest BCUT2D eigenvalue weighted by molar-refractivity contribution is 0.586. The molecule has 112 valence electrons. The summed E-state index contributed by atoms with van der Waals surface area (Å²) >= 11 is 3.61. The van der Waals surface area contributed by atoms with Gasteiger partial charge in [-0.3, -0.25) is 0 Å². The van der Waals surface area contributed by atoms with E-state index in [-0.39, 0.29) is 0 Å². The second kappa shape index (κ2) is 7.46. The standard InChI is InChI=1S/C17H27BrN2/c1-4-5-10-20(16-7-8-16)17-9-6-15(18)11-14(17)12-19-13(2)3/h6,9,11,13,16,19H,4-5,7-8,10,12H2,1-3H3. The topological polar surface area (TPSA) is 15.3 Å². The fourth-order valence-corrected chi connectivity index (χ4v) is 2.91. The molecule has 1 aromatic rings. The Morgan fingerprint density at radius 2 is 2.10 bits per heavy atom. The summed E-state index contributed by atoms with van der Waals surface area (Å²) in [6.07, 6.45) is 5.26. The van der Waals surface area contributed by atoms with Gasteiger partial charge >= 0.3 is 0 Å². The fraction of sp³-hybridized carbons (Fsp3) is 0.647. The summed E-state index contributed by atoms with van der Waals surface area (Å²) < 4.78 is 1.17. The maximum absolute atomic E-state index is 3.61. The van der Waals surface area contributed by atoms with Gasteiger partial charge in [0.2, 0.25) is 0 Å². The molecule has 1 N–H and O–H groups in total. The van der Waals surface area contributed by atoms with Gasteiger partial charge in [-0.1, -0.05) is 43.1 Å². The first-order valence-corrected chi connectivity index (χ1v) is 8.69. The smallest absolute Gasteiger partial charge is 0.0415 e. The molecule has 0 bridgehead atoms. The molecule has 0 spiro atoms. The van der Waals surface area contributed by atoms with E-state index in [1.54, 1.807) is 0 Å². The Labute approximate surface area is 132 Å². The first kappa shape index (κ1) is 15.8. The SMILES string of the molecule is CCCCN(c1ccc(Br)cc1CNC(C)C)C1CC1. The molecular formula is C17H27BrN2. The first-order chi connectivity index (χ1) is 9.61. The van der Waals surface area contributed by atoms with Crippen LogP contribution in [-0.4, -0.2) is 18.6 Å². The van der Waals surface area contributed by atoms with Crippen molar-refractivity contribution in [2.75, 3.05) is 11.4 Å². The minimum atomic E-state index is 0.520. The Morgan fingerprint density at radius 3 is 2.70 bits per heavy atom. The van der Waals surface area contributed by atoms with Gasteiger partial charge in [0.1, 0.15) is 0 Å². The number of rotatable bonds is 8. The lowest BCUT2D eigenvalue weighted by Crippen LogP contribution is -2.29. The van der Waals surface area contributed by atoms with Crippen molar-refractivity contribution in [3.63, 3.8) is 0 Å². The van der Waals surface area contributed by atoms with E-state index in [1.165, 1.54) is 48.0 Å². The first-order valence-electron chi connectivity index (χ1n) is 7.90. The Bertz CT molecular complexity index is 427. The van der Waals surface area contributed by atoms with Crippen LogP contribution in [0.4, 0.5) is 5.69 Å². The molecule has 1 aliphatic rings. The second-order valence-corrected chi connectivity index (χ2v) is 7.00. The van der Waals surface area contributed by atoms with Gasteiger partial charge in [-0.2, -0.15) is 0 Å². The molecular weight excluding hydrogens is 312 g/mol. The van der Waals surface area contributed by atoms with Crippen molar-refractivity contribution in [2.24, 2.45) is 0 Å². The quantitative estimate of drug-likeness (QED) is 0.737. The molecule has 0 saturated heterocycles. The summed E-state index contributed by atoms with van der Waals surface area (Å²) in [5.41, 5.74) is 2.84. The lowest BCUT2D eigenvalue weighted by atomic mass is 10.1. The Morgan fingerprint density at radius 1 is 1.35 bits per heavy atom. The van der Waals surface area contributed by atoms with Crippen molar-refractivity contribution >= 4 is 21.6 Å². The van der Waals surface area contributed by atoms with Gasteiger partial charge in [-0.05, 0) is 43.0 Å². The third-order valence-electron chi connectivity index (χ3n) is 3.79. The molecule has 1 aromatic carbocycles. The zero-order chi connectivity index (χ0) is 14.5. The summed E-state index contributed by atoms with van der Waals surface area (Å²) in [5.74, 6) is 0. The fourth-order valence-electron chi connectivity index (χ4n) is 2.50. The molecule has 1 fully saturated rings. The Hall–Kier alpha value is -0.540. The molecule has 0 aliphatic heterocycles. The maximum atomic E-state index is 3.61. The zero-order valence-electron chi connectivity index (χ0n) is 13.0. The number of anilines is 1. The van der Waals surface area contributed by atoms with E-state index in [4.69, 9.17) is 0 Å². The van der Waals surface area contributed by atoms with E-state index in [1.807, 2.05) is 0 Å². The van der Waals surface area contributed by atoms with E-state index in [2.05, 4.69) is 65.1 Å². The highest BCUT2D eigenvalue weighted by Crippen LogP contribution is 2.35. The predicted molar refractivity (Wildman–Crippen MR) is 91.4 cm³/mol. The predicted octanol–water partition coefficient (Wildman–Crippen LogP) is 4.72. The third-order valence-corrected chi connectivity index (χ3v) is 4.29. The molecule has 0 atom stereocenters. The minimum Gasteiger partial charge on any atom is -0.368 e. The van der Waals surface area contributed by atoms with Crippen molar-refractivity contribution in [2.45, 2.75) is 65.1 Å². The molecule has 1 aliphatic carbocycles. The number of nitrogens with one attached hydrogen (secondary N) is 1. The summed E-state index contributed by atoms with van der Waals surface area (Å²) in [6, 6.07) is 8.03. The molecule has 3 heteroatoms. The average Bonchev–Trinajstić information content (AvgIpc) is 3.23. The van der Waals surface area contributed by atoms with E-state index < -0.39 is 0 Å². The van der Waals surface area contributed by atoms with Crippen LogP contribution < -0.4 is 10.2 Å². The van der Waals surface area contributed by atoms with Crippen LogP contribution in [0, 0.1) is 0 Å². The lowest BCUT2D eigenvalue weighted by Gasteiger charge is -2.28. The number of nitrogens with zero attached hydrogens (tertiary/aromatic N) is 1. The van der Waals surface area contributed by atoms with Gasteiger partial charge in [0.15, 0.2) is 0 Å². The van der Waals surface area contributed by atoms with Crippen molar-refractivity contribution < 1.29 is 0 Å². The Balaban J connectivity index is 2.18. The third kappa shape index (κ3) is 4.49. The molecule has 2 nitrogen and oxygen atoms in total. The van der Waals surface area contributed by atoms with Crippen LogP contribution in [0.25, 0.3) is 0 Å². The van der Waals surface area contributed by atoms with Crippen LogP contribution in [0.15, 0.2) is 22.7 Å².